The highest BCUT2D eigenvalue weighted by molar-refractivity contribution is 6.61. The predicted molar refractivity (Wildman–Crippen MR) is 133 cm³/mol. The molecule has 4 N–H and O–H groups in total. The molecule has 0 radical (unpaired) electrons. The molecule has 0 rings (SSSR count). The number of hydrogen-bond acceptors (Lipinski definition) is 6. The molecule has 210 valence electrons. The fraction of sp³-hybridized carbons (Fsp3) is 1.00. The average Bonchev–Trinajstić information content (AvgIpc) is 2.76. The first kappa shape index (κ1) is 39.2. The molecule has 0 spiro atoms. The van der Waals surface area contributed by atoms with Crippen molar-refractivity contribution in [3.8, 4) is 0 Å². The lowest BCUT2D eigenvalue weighted by Crippen LogP contribution is -3.00. The highest BCUT2D eigenvalue weighted by Gasteiger charge is 2.40. The first-order chi connectivity index (χ1) is 15.6. The maximum Gasteiger partial charge on any atom is 0.501 e. The molecule has 0 aliphatic carbocycles. The number of halogens is 2. The SMILES string of the molecule is CCO[Si](CCC[NH2+]CCCC[NH2+]CCC[Si](OCC)(OCC)OCC)(OCC)OCC.[Cl-].[Cl-]. The third kappa shape index (κ3) is 18.9. The Morgan fingerprint density at radius 2 is 0.647 bits per heavy atom. The van der Waals surface area contributed by atoms with Crippen LogP contribution in [0.2, 0.25) is 12.1 Å². The summed E-state index contributed by atoms with van der Waals surface area (Å²) in [5, 5.41) is 4.82. The first-order valence-corrected chi connectivity index (χ1v) is 16.9. The summed E-state index contributed by atoms with van der Waals surface area (Å²) in [6, 6.07) is 1.81. The van der Waals surface area contributed by atoms with Gasteiger partial charge in [-0.05, 0) is 41.5 Å². The Labute approximate surface area is 224 Å². The van der Waals surface area contributed by atoms with Crippen LogP contribution >= 0.6 is 0 Å². The van der Waals surface area contributed by atoms with Crippen molar-refractivity contribution in [2.75, 3.05) is 65.8 Å². The summed E-state index contributed by atoms with van der Waals surface area (Å²) in [6.07, 6.45) is 4.64. The molecule has 0 bridgehead atoms. The predicted octanol–water partition coefficient (Wildman–Crippen LogP) is -4.22. The maximum atomic E-state index is 5.92. The van der Waals surface area contributed by atoms with Crippen LogP contribution in [0, 0.1) is 0 Å². The molecule has 0 saturated heterocycles. The molecule has 0 unspecified atom stereocenters. The quantitative estimate of drug-likeness (QED) is 0.0857. The minimum Gasteiger partial charge on any atom is -1.00 e. The molecule has 0 atom stereocenters. The van der Waals surface area contributed by atoms with Crippen LogP contribution in [0.1, 0.15) is 67.2 Å². The van der Waals surface area contributed by atoms with Crippen molar-refractivity contribution in [2.45, 2.75) is 79.3 Å². The molecule has 0 aromatic heterocycles. The molecule has 0 aliphatic rings. The standard InChI is InChI=1S/C22H52N2O6Si2.2ClH/c1-7-25-31(26-8-2,27-9-3)21-15-19-23-17-13-14-18-24-20-16-22-32(28-10-4,29-11-5)30-12-6;;/h23-24H,7-22H2,1-6H3;2*1H. The van der Waals surface area contributed by atoms with Gasteiger partial charge in [0.25, 0.3) is 0 Å². The molecule has 0 amide bonds. The van der Waals surface area contributed by atoms with Crippen LogP contribution in [0.5, 0.6) is 0 Å². The van der Waals surface area contributed by atoms with Gasteiger partial charge in [0, 0.05) is 77.4 Å². The molecule has 12 heteroatoms. The number of unbranched alkanes of at least 4 members (excludes halogenated alkanes) is 1. The van der Waals surface area contributed by atoms with E-state index >= 15 is 0 Å². The van der Waals surface area contributed by atoms with Crippen LogP contribution in [0.15, 0.2) is 0 Å². The second-order valence-corrected chi connectivity index (χ2v) is 13.1. The molecule has 0 fully saturated rings. The molecule has 0 saturated carbocycles. The largest absolute Gasteiger partial charge is 1.00 e. The summed E-state index contributed by atoms with van der Waals surface area (Å²) in [5.41, 5.74) is 0. The Hall–Kier alpha value is 0.694. The molecule has 0 aromatic rings. The van der Waals surface area contributed by atoms with E-state index in [1.807, 2.05) is 41.5 Å². The second-order valence-electron chi connectivity index (χ2n) is 7.61. The summed E-state index contributed by atoms with van der Waals surface area (Å²) in [6.45, 7) is 20.5. The van der Waals surface area contributed by atoms with E-state index in [0.29, 0.717) is 39.6 Å². The zero-order valence-electron chi connectivity index (χ0n) is 22.7. The Balaban J connectivity index is -0.00000480. The van der Waals surface area contributed by atoms with Gasteiger partial charge in [0.15, 0.2) is 0 Å². The lowest BCUT2D eigenvalue weighted by atomic mass is 10.3. The van der Waals surface area contributed by atoms with Crippen LogP contribution in [0.25, 0.3) is 0 Å². The van der Waals surface area contributed by atoms with E-state index in [2.05, 4.69) is 10.6 Å². The molecular weight excluding hydrogens is 515 g/mol. The minimum absolute atomic E-state index is 0. The van der Waals surface area contributed by atoms with Crippen molar-refractivity contribution in [1.29, 1.82) is 0 Å². The van der Waals surface area contributed by atoms with E-state index in [1.54, 1.807) is 0 Å². The van der Waals surface area contributed by atoms with Crippen molar-refractivity contribution >= 4 is 17.6 Å². The van der Waals surface area contributed by atoms with Gasteiger partial charge in [0.1, 0.15) is 0 Å². The van der Waals surface area contributed by atoms with E-state index in [0.717, 1.165) is 38.0 Å². The Kier molecular flexibility index (Phi) is 30.8. The van der Waals surface area contributed by atoms with E-state index in [4.69, 9.17) is 26.6 Å². The fourth-order valence-corrected chi connectivity index (χ4v) is 9.07. The number of hydrogen-bond donors (Lipinski definition) is 2. The van der Waals surface area contributed by atoms with E-state index < -0.39 is 17.6 Å². The monoisotopic (exact) mass is 568 g/mol. The van der Waals surface area contributed by atoms with Gasteiger partial charge in [-0.25, -0.2) is 0 Å². The molecule has 0 aliphatic heterocycles. The van der Waals surface area contributed by atoms with Crippen molar-refractivity contribution in [3.05, 3.63) is 0 Å². The Morgan fingerprint density at radius 1 is 0.412 bits per heavy atom. The van der Waals surface area contributed by atoms with Gasteiger partial charge in [-0.3, -0.25) is 0 Å². The number of nitrogens with two attached hydrogens (primary N) is 2. The zero-order chi connectivity index (χ0) is 24.0. The molecule has 34 heavy (non-hydrogen) atoms. The molecule has 0 heterocycles. The lowest BCUT2D eigenvalue weighted by molar-refractivity contribution is -0.664. The van der Waals surface area contributed by atoms with Crippen LogP contribution in [0.3, 0.4) is 0 Å². The van der Waals surface area contributed by atoms with Gasteiger partial charge in [-0.1, -0.05) is 0 Å². The van der Waals surface area contributed by atoms with Crippen LogP contribution in [-0.2, 0) is 26.6 Å². The van der Waals surface area contributed by atoms with Gasteiger partial charge < -0.3 is 62.0 Å². The topological polar surface area (TPSA) is 88.6 Å². The van der Waals surface area contributed by atoms with Gasteiger partial charge in [-0.15, -0.1) is 0 Å². The fourth-order valence-electron chi connectivity index (χ4n) is 3.79. The highest BCUT2D eigenvalue weighted by atomic mass is 35.5. The maximum absolute atomic E-state index is 5.92. The van der Waals surface area contributed by atoms with E-state index in [-0.39, 0.29) is 24.8 Å². The second kappa shape index (κ2) is 26.7. The van der Waals surface area contributed by atoms with Crippen LogP contribution < -0.4 is 35.4 Å². The van der Waals surface area contributed by atoms with E-state index in [9.17, 15) is 0 Å². The molecule has 0 aromatic carbocycles. The number of rotatable bonds is 25. The third-order valence-corrected chi connectivity index (χ3v) is 11.3. The van der Waals surface area contributed by atoms with Gasteiger partial charge >= 0.3 is 17.6 Å². The summed E-state index contributed by atoms with van der Waals surface area (Å²) in [5.74, 6) is 0. The normalized spacial score (nSPS) is 11.8. The summed E-state index contributed by atoms with van der Waals surface area (Å²) < 4.78 is 35.5. The van der Waals surface area contributed by atoms with Gasteiger partial charge in [-0.2, -0.15) is 0 Å². The van der Waals surface area contributed by atoms with Gasteiger partial charge in [0.05, 0.1) is 26.2 Å². The minimum atomic E-state index is -2.47. The average molecular weight is 570 g/mol. The van der Waals surface area contributed by atoms with Gasteiger partial charge in [0.2, 0.25) is 0 Å². The van der Waals surface area contributed by atoms with Crippen molar-refractivity contribution in [2.24, 2.45) is 0 Å². The first-order valence-electron chi connectivity index (χ1n) is 13.0. The Morgan fingerprint density at radius 3 is 0.882 bits per heavy atom. The summed E-state index contributed by atoms with van der Waals surface area (Å²) in [4.78, 5) is 0. The summed E-state index contributed by atoms with van der Waals surface area (Å²) in [7, 11) is -4.94. The van der Waals surface area contributed by atoms with Crippen LogP contribution in [-0.4, -0.2) is 83.4 Å². The molecular formula is C22H54Cl2N2O6Si2. The lowest BCUT2D eigenvalue weighted by Gasteiger charge is -2.28. The van der Waals surface area contributed by atoms with Crippen molar-refractivity contribution < 1.29 is 62.0 Å². The molecule has 8 nitrogen and oxygen atoms in total. The highest BCUT2D eigenvalue weighted by Crippen LogP contribution is 2.18. The summed E-state index contributed by atoms with van der Waals surface area (Å²) >= 11 is 0. The van der Waals surface area contributed by atoms with Crippen LogP contribution in [0.4, 0.5) is 0 Å². The Bertz CT molecular complexity index is 352. The van der Waals surface area contributed by atoms with Crippen molar-refractivity contribution in [3.63, 3.8) is 0 Å². The third-order valence-electron chi connectivity index (χ3n) is 5.03. The van der Waals surface area contributed by atoms with E-state index in [1.165, 1.54) is 25.9 Å². The zero-order valence-corrected chi connectivity index (χ0v) is 26.2. The van der Waals surface area contributed by atoms with Crippen molar-refractivity contribution in [1.82, 2.24) is 0 Å². The number of quaternary nitrogens is 2. The smallest absolute Gasteiger partial charge is 0.501 e.